The van der Waals surface area contributed by atoms with E-state index in [0.29, 0.717) is 13.1 Å². The van der Waals surface area contributed by atoms with Crippen LogP contribution in [0.4, 0.5) is 0 Å². The molecule has 0 spiro atoms. The lowest BCUT2D eigenvalue weighted by Crippen LogP contribution is -2.57. The standard InChI is InChI=1S/C18H25N3O6S/c1-4-20(5-2)28(25,26)14-8-6-7-13(11-14)18(24)21-10-9-19-17(23)15(21)12-16(22)27-3/h6-8,11,15H,4-5,9-10,12H2,1-3H3,(H,19,23). The van der Waals surface area contributed by atoms with Crippen molar-refractivity contribution in [2.24, 2.45) is 0 Å². The number of carbonyl (C=O) groups is 3. The van der Waals surface area contributed by atoms with Gasteiger partial charge in [-0.1, -0.05) is 19.9 Å². The summed E-state index contributed by atoms with van der Waals surface area (Å²) >= 11 is 0. The Morgan fingerprint density at radius 1 is 1.29 bits per heavy atom. The molecule has 0 radical (unpaired) electrons. The van der Waals surface area contributed by atoms with Crippen LogP contribution in [0.25, 0.3) is 0 Å². The number of piperazine rings is 1. The van der Waals surface area contributed by atoms with Crippen molar-refractivity contribution in [3.05, 3.63) is 29.8 Å². The van der Waals surface area contributed by atoms with E-state index in [2.05, 4.69) is 10.1 Å². The summed E-state index contributed by atoms with van der Waals surface area (Å²) in [6.45, 7) is 4.55. The number of nitrogens with one attached hydrogen (secondary N) is 1. The molecule has 1 heterocycles. The van der Waals surface area contributed by atoms with E-state index in [9.17, 15) is 22.8 Å². The highest BCUT2D eigenvalue weighted by Crippen LogP contribution is 2.20. The maximum absolute atomic E-state index is 13.0. The number of carbonyl (C=O) groups excluding carboxylic acids is 3. The minimum Gasteiger partial charge on any atom is -0.469 e. The minimum atomic E-state index is -3.73. The number of hydrogen-bond donors (Lipinski definition) is 1. The number of hydrogen-bond acceptors (Lipinski definition) is 6. The molecular weight excluding hydrogens is 386 g/mol. The maximum atomic E-state index is 13.0. The highest BCUT2D eigenvalue weighted by atomic mass is 32.2. The van der Waals surface area contributed by atoms with Gasteiger partial charge in [0.2, 0.25) is 15.9 Å². The number of benzene rings is 1. The zero-order valence-electron chi connectivity index (χ0n) is 16.2. The van der Waals surface area contributed by atoms with Crippen LogP contribution in [0.1, 0.15) is 30.6 Å². The van der Waals surface area contributed by atoms with E-state index in [0.717, 1.165) is 0 Å². The van der Waals surface area contributed by atoms with Gasteiger partial charge in [-0.15, -0.1) is 0 Å². The van der Waals surface area contributed by atoms with Crippen LogP contribution in [-0.2, 0) is 24.3 Å². The summed E-state index contributed by atoms with van der Waals surface area (Å²) in [5, 5.41) is 2.62. The summed E-state index contributed by atoms with van der Waals surface area (Å²) in [7, 11) is -2.52. The van der Waals surface area contributed by atoms with Crippen LogP contribution in [0, 0.1) is 0 Å². The number of esters is 1. The topological polar surface area (TPSA) is 113 Å². The second kappa shape index (κ2) is 9.16. The minimum absolute atomic E-state index is 0.00743. The SMILES string of the molecule is CCN(CC)S(=O)(=O)c1cccc(C(=O)N2CCNC(=O)C2CC(=O)OC)c1. The second-order valence-corrected chi connectivity index (χ2v) is 8.14. The van der Waals surface area contributed by atoms with Crippen molar-refractivity contribution in [1.82, 2.24) is 14.5 Å². The van der Waals surface area contributed by atoms with Crippen molar-refractivity contribution in [2.75, 3.05) is 33.3 Å². The van der Waals surface area contributed by atoms with Gasteiger partial charge in [-0.25, -0.2) is 8.42 Å². The van der Waals surface area contributed by atoms with Crippen molar-refractivity contribution in [2.45, 2.75) is 31.2 Å². The monoisotopic (exact) mass is 411 g/mol. The fourth-order valence-electron chi connectivity index (χ4n) is 3.07. The molecule has 154 valence electrons. The highest BCUT2D eigenvalue weighted by molar-refractivity contribution is 7.89. The predicted molar refractivity (Wildman–Crippen MR) is 101 cm³/mol. The number of rotatable bonds is 7. The van der Waals surface area contributed by atoms with Crippen LogP contribution >= 0.6 is 0 Å². The molecule has 1 saturated heterocycles. The first-order chi connectivity index (χ1) is 13.3. The quantitative estimate of drug-likeness (QED) is 0.642. The van der Waals surface area contributed by atoms with Crippen molar-refractivity contribution in [1.29, 1.82) is 0 Å². The predicted octanol–water partition coefficient (Wildman–Crippen LogP) is 0.221. The Hall–Kier alpha value is -2.46. The summed E-state index contributed by atoms with van der Waals surface area (Å²) < 4.78 is 31.3. The van der Waals surface area contributed by atoms with E-state index in [4.69, 9.17) is 0 Å². The van der Waals surface area contributed by atoms with Crippen LogP contribution in [0.3, 0.4) is 0 Å². The molecule has 2 rings (SSSR count). The molecule has 1 aromatic carbocycles. The average Bonchev–Trinajstić information content (AvgIpc) is 2.69. The summed E-state index contributed by atoms with van der Waals surface area (Å²) in [6, 6.07) is 4.71. The molecule has 0 aliphatic carbocycles. The van der Waals surface area contributed by atoms with Crippen molar-refractivity contribution in [3.8, 4) is 0 Å². The molecule has 1 N–H and O–H groups in total. The molecular formula is C18H25N3O6S. The Morgan fingerprint density at radius 3 is 2.57 bits per heavy atom. The summed E-state index contributed by atoms with van der Waals surface area (Å²) in [5.74, 6) is -1.57. The van der Waals surface area contributed by atoms with E-state index in [1.54, 1.807) is 13.8 Å². The van der Waals surface area contributed by atoms with Gasteiger partial charge in [-0.3, -0.25) is 14.4 Å². The molecule has 10 heteroatoms. The van der Waals surface area contributed by atoms with Crippen molar-refractivity contribution < 1.29 is 27.5 Å². The van der Waals surface area contributed by atoms with Gasteiger partial charge in [-0.05, 0) is 18.2 Å². The molecule has 2 amide bonds. The molecule has 0 saturated carbocycles. The lowest BCUT2D eigenvalue weighted by Gasteiger charge is -2.34. The van der Waals surface area contributed by atoms with E-state index in [1.165, 1.54) is 40.6 Å². The Labute approximate surface area is 164 Å². The second-order valence-electron chi connectivity index (χ2n) is 6.20. The first-order valence-electron chi connectivity index (χ1n) is 9.01. The van der Waals surface area contributed by atoms with Gasteiger partial charge >= 0.3 is 5.97 Å². The zero-order valence-corrected chi connectivity index (χ0v) is 17.0. The van der Waals surface area contributed by atoms with E-state index >= 15 is 0 Å². The third-order valence-electron chi connectivity index (χ3n) is 4.60. The first kappa shape index (κ1) is 21.8. The molecule has 1 unspecified atom stereocenters. The fourth-order valence-corrected chi connectivity index (χ4v) is 4.57. The largest absolute Gasteiger partial charge is 0.469 e. The number of nitrogens with zero attached hydrogens (tertiary/aromatic N) is 2. The van der Waals surface area contributed by atoms with Crippen LogP contribution in [0.15, 0.2) is 29.2 Å². The van der Waals surface area contributed by atoms with Gasteiger partial charge < -0.3 is 15.0 Å². The summed E-state index contributed by atoms with van der Waals surface area (Å²) in [5.41, 5.74) is 0.137. The van der Waals surface area contributed by atoms with Gasteiger partial charge in [0.15, 0.2) is 0 Å². The molecule has 1 atom stereocenters. The lowest BCUT2D eigenvalue weighted by molar-refractivity contribution is -0.145. The summed E-state index contributed by atoms with van der Waals surface area (Å²) in [4.78, 5) is 38.1. The third kappa shape index (κ3) is 4.50. The first-order valence-corrected chi connectivity index (χ1v) is 10.5. The van der Waals surface area contributed by atoms with Gasteiger partial charge in [-0.2, -0.15) is 4.31 Å². The maximum Gasteiger partial charge on any atom is 0.308 e. The zero-order chi connectivity index (χ0) is 20.9. The Kier molecular flexibility index (Phi) is 7.14. The van der Waals surface area contributed by atoms with Crippen LogP contribution in [0.2, 0.25) is 0 Å². The molecule has 1 fully saturated rings. The molecule has 0 bridgehead atoms. The molecule has 1 aliphatic heterocycles. The van der Waals surface area contributed by atoms with Crippen molar-refractivity contribution >= 4 is 27.8 Å². The van der Waals surface area contributed by atoms with E-state index in [-0.39, 0.29) is 30.0 Å². The number of ether oxygens (including phenoxy) is 1. The Morgan fingerprint density at radius 2 is 1.96 bits per heavy atom. The molecule has 1 aliphatic rings. The van der Waals surface area contributed by atoms with Gasteiger partial charge in [0.25, 0.3) is 5.91 Å². The average molecular weight is 411 g/mol. The smallest absolute Gasteiger partial charge is 0.308 e. The number of amides is 2. The van der Waals surface area contributed by atoms with Crippen LogP contribution < -0.4 is 5.32 Å². The Balaban J connectivity index is 2.35. The molecule has 9 nitrogen and oxygen atoms in total. The van der Waals surface area contributed by atoms with Crippen LogP contribution in [-0.4, -0.2) is 74.7 Å². The van der Waals surface area contributed by atoms with Gasteiger partial charge in [0.05, 0.1) is 18.4 Å². The van der Waals surface area contributed by atoms with Gasteiger partial charge in [0, 0.05) is 31.7 Å². The Bertz CT molecular complexity index is 851. The normalized spacial score (nSPS) is 17.4. The summed E-state index contributed by atoms with van der Waals surface area (Å²) in [6.07, 6.45) is -0.272. The lowest BCUT2D eigenvalue weighted by atomic mass is 10.1. The third-order valence-corrected chi connectivity index (χ3v) is 6.65. The molecule has 0 aromatic heterocycles. The van der Waals surface area contributed by atoms with Crippen molar-refractivity contribution in [3.63, 3.8) is 0 Å². The number of sulfonamides is 1. The van der Waals surface area contributed by atoms with E-state index < -0.39 is 33.8 Å². The van der Waals surface area contributed by atoms with Gasteiger partial charge in [0.1, 0.15) is 6.04 Å². The molecule has 1 aromatic rings. The highest BCUT2D eigenvalue weighted by Gasteiger charge is 2.35. The molecule has 28 heavy (non-hydrogen) atoms. The van der Waals surface area contributed by atoms with Crippen LogP contribution in [0.5, 0.6) is 0 Å². The van der Waals surface area contributed by atoms with E-state index in [1.807, 2.05) is 0 Å². The fraction of sp³-hybridized carbons (Fsp3) is 0.500. The number of methoxy groups -OCH3 is 1.